The summed E-state index contributed by atoms with van der Waals surface area (Å²) in [5, 5.41) is 30.9. The second-order valence-electron chi connectivity index (χ2n) is 11.6. The van der Waals surface area contributed by atoms with Crippen LogP contribution in [0.1, 0.15) is 116 Å². The second-order valence-corrected chi connectivity index (χ2v) is 13.1. The van der Waals surface area contributed by atoms with Crippen molar-refractivity contribution in [3.8, 4) is 0 Å². The number of ether oxygens (including phenoxy) is 4. The molecule has 6 atom stereocenters. The van der Waals surface area contributed by atoms with Gasteiger partial charge in [0.25, 0.3) is 0 Å². The molecule has 13 nitrogen and oxygen atoms in total. The molecule has 0 aromatic rings. The average Bonchev–Trinajstić information content (AvgIpc) is 2.96. The van der Waals surface area contributed by atoms with Crippen molar-refractivity contribution < 1.29 is 56.8 Å². The van der Waals surface area contributed by atoms with E-state index >= 15 is 0 Å². The Bertz CT molecular complexity index is 874. The van der Waals surface area contributed by atoms with Crippen LogP contribution >= 0.6 is 0 Å². The maximum absolute atomic E-state index is 12.0. The molecule has 260 valence electrons. The van der Waals surface area contributed by atoms with E-state index in [1.807, 2.05) is 0 Å². The first-order chi connectivity index (χ1) is 21.0. The van der Waals surface area contributed by atoms with Crippen LogP contribution in [0, 0.1) is 0 Å². The minimum absolute atomic E-state index is 0.0801. The highest BCUT2D eigenvalue weighted by molar-refractivity contribution is 7.85. The van der Waals surface area contributed by atoms with Gasteiger partial charge in [0.2, 0.25) is 0 Å². The maximum atomic E-state index is 12.0. The van der Waals surface area contributed by atoms with Gasteiger partial charge in [-0.25, -0.2) is 8.42 Å². The lowest BCUT2D eigenvalue weighted by Crippen LogP contribution is -2.61. The van der Waals surface area contributed by atoms with Crippen LogP contribution in [-0.4, -0.2) is 103 Å². The molecule has 1 fully saturated rings. The second kappa shape index (κ2) is 23.9. The number of hydrogen-bond donors (Lipinski definition) is 4. The van der Waals surface area contributed by atoms with E-state index < -0.39 is 71.2 Å². The Balaban J connectivity index is 2.21. The van der Waals surface area contributed by atoms with Crippen molar-refractivity contribution in [1.29, 1.82) is 0 Å². The van der Waals surface area contributed by atoms with E-state index in [0.29, 0.717) is 6.42 Å². The topological polar surface area (TPSA) is 215 Å². The normalized spacial score (nSPS) is 22.9. The van der Waals surface area contributed by atoms with Crippen LogP contribution in [0.5, 0.6) is 0 Å². The zero-order valence-corrected chi connectivity index (χ0v) is 27.1. The molecular formula is C30H56NO12S-. The standard InChI is InChI=1S/C30H57NO12S/c1-2-3-4-5-6-7-8-9-10-11-12-13-14-15-16-17-25(33)40-20-23(32)21-41-30-28(36)27(35)29(43-26(34)18-19-31)24(42-30)22-44(37,38)39/h23-24,27-30,32,35-36H,2-22,31H2,1H3,(H,37,38,39)/p-1. The molecule has 5 N–H and O–H groups in total. The minimum atomic E-state index is -4.89. The van der Waals surface area contributed by atoms with E-state index in [-0.39, 0.29) is 26.0 Å². The number of hydrogen-bond acceptors (Lipinski definition) is 13. The fourth-order valence-electron chi connectivity index (χ4n) is 5.01. The zero-order chi connectivity index (χ0) is 32.8. The highest BCUT2D eigenvalue weighted by Gasteiger charge is 2.48. The molecule has 1 heterocycles. The van der Waals surface area contributed by atoms with Crippen molar-refractivity contribution in [2.75, 3.05) is 25.5 Å². The Labute approximate surface area is 262 Å². The summed E-state index contributed by atoms with van der Waals surface area (Å²) in [6.45, 7) is 1.26. The van der Waals surface area contributed by atoms with Gasteiger partial charge in [-0.3, -0.25) is 9.59 Å². The summed E-state index contributed by atoms with van der Waals surface area (Å²) in [6.07, 6.45) is 8.29. The number of rotatable bonds is 26. The van der Waals surface area contributed by atoms with E-state index in [4.69, 9.17) is 24.7 Å². The van der Waals surface area contributed by atoms with Crippen LogP contribution in [0.2, 0.25) is 0 Å². The van der Waals surface area contributed by atoms with E-state index in [2.05, 4.69) is 6.92 Å². The number of esters is 2. The molecule has 1 rings (SSSR count). The summed E-state index contributed by atoms with van der Waals surface area (Å²) in [5.41, 5.74) is 5.28. The van der Waals surface area contributed by atoms with Gasteiger partial charge in [-0.15, -0.1) is 0 Å². The molecule has 0 bridgehead atoms. The Kier molecular flexibility index (Phi) is 22.0. The average molecular weight is 655 g/mol. The smallest absolute Gasteiger partial charge is 0.307 e. The molecule has 0 saturated carbocycles. The summed E-state index contributed by atoms with van der Waals surface area (Å²) >= 11 is 0. The molecule has 1 aliphatic rings. The summed E-state index contributed by atoms with van der Waals surface area (Å²) in [5.74, 6) is -2.52. The molecule has 0 aromatic carbocycles. The van der Waals surface area contributed by atoms with Gasteiger partial charge in [-0.2, -0.15) is 0 Å². The fraction of sp³-hybridized carbons (Fsp3) is 0.933. The third-order valence-electron chi connectivity index (χ3n) is 7.50. The maximum Gasteiger partial charge on any atom is 0.307 e. The van der Waals surface area contributed by atoms with Gasteiger partial charge in [-0.05, 0) is 6.42 Å². The van der Waals surface area contributed by atoms with E-state index in [1.165, 1.54) is 70.6 Å². The van der Waals surface area contributed by atoms with Gasteiger partial charge in [0.15, 0.2) is 12.4 Å². The monoisotopic (exact) mass is 654 g/mol. The molecule has 0 radical (unpaired) electrons. The van der Waals surface area contributed by atoms with Crippen molar-refractivity contribution >= 4 is 22.1 Å². The number of unbranched alkanes of at least 4 members (excludes halogenated alkanes) is 14. The predicted molar refractivity (Wildman–Crippen MR) is 161 cm³/mol. The lowest BCUT2D eigenvalue weighted by Gasteiger charge is -2.42. The molecule has 1 saturated heterocycles. The van der Waals surface area contributed by atoms with Crippen molar-refractivity contribution in [2.45, 2.75) is 153 Å². The lowest BCUT2D eigenvalue weighted by molar-refractivity contribution is -0.299. The summed E-state index contributed by atoms with van der Waals surface area (Å²) in [4.78, 5) is 23.8. The van der Waals surface area contributed by atoms with Crippen molar-refractivity contribution in [1.82, 2.24) is 0 Å². The number of nitrogens with two attached hydrogens (primary N) is 1. The largest absolute Gasteiger partial charge is 0.748 e. The molecule has 0 aliphatic carbocycles. The van der Waals surface area contributed by atoms with Gasteiger partial charge in [0, 0.05) is 13.0 Å². The Morgan fingerprint density at radius 3 is 1.84 bits per heavy atom. The first kappa shape index (κ1) is 40.6. The number of carbonyl (C=O) groups excluding carboxylic acids is 2. The van der Waals surface area contributed by atoms with Crippen molar-refractivity contribution in [3.63, 3.8) is 0 Å². The number of carbonyl (C=O) groups is 2. The number of aliphatic hydroxyl groups excluding tert-OH is 3. The number of aliphatic hydroxyl groups is 3. The van der Waals surface area contributed by atoms with Gasteiger partial charge in [-0.1, -0.05) is 96.8 Å². The van der Waals surface area contributed by atoms with E-state index in [0.717, 1.165) is 19.3 Å². The summed E-state index contributed by atoms with van der Waals surface area (Å²) < 4.78 is 54.6. The van der Waals surface area contributed by atoms with Crippen LogP contribution in [0.3, 0.4) is 0 Å². The lowest BCUT2D eigenvalue weighted by atomic mass is 9.99. The van der Waals surface area contributed by atoms with Crippen molar-refractivity contribution in [3.05, 3.63) is 0 Å². The molecule has 14 heteroatoms. The first-order valence-electron chi connectivity index (χ1n) is 16.3. The zero-order valence-electron chi connectivity index (χ0n) is 26.3. The minimum Gasteiger partial charge on any atom is -0.748 e. The quantitative estimate of drug-likeness (QED) is 0.0600. The summed E-state index contributed by atoms with van der Waals surface area (Å²) in [6, 6.07) is 0. The van der Waals surface area contributed by atoms with E-state index in [1.54, 1.807) is 0 Å². The first-order valence-corrected chi connectivity index (χ1v) is 17.9. The molecule has 0 amide bonds. The third-order valence-corrected chi connectivity index (χ3v) is 8.24. The van der Waals surface area contributed by atoms with Crippen LogP contribution < -0.4 is 5.73 Å². The van der Waals surface area contributed by atoms with Crippen molar-refractivity contribution in [2.24, 2.45) is 5.73 Å². The van der Waals surface area contributed by atoms with Crippen LogP contribution in [0.15, 0.2) is 0 Å². The van der Waals surface area contributed by atoms with Gasteiger partial charge < -0.3 is 44.6 Å². The Morgan fingerprint density at radius 1 is 0.818 bits per heavy atom. The molecule has 0 aromatic heterocycles. The van der Waals surface area contributed by atoms with Crippen LogP contribution in [0.4, 0.5) is 0 Å². The predicted octanol–water partition coefficient (Wildman–Crippen LogP) is 2.42. The molecular weight excluding hydrogens is 598 g/mol. The highest BCUT2D eigenvalue weighted by atomic mass is 32.2. The highest BCUT2D eigenvalue weighted by Crippen LogP contribution is 2.26. The summed E-state index contributed by atoms with van der Waals surface area (Å²) in [7, 11) is -4.89. The Hall–Kier alpha value is -1.39. The molecule has 0 spiro atoms. The molecule has 1 aliphatic heterocycles. The fourth-order valence-corrected chi connectivity index (χ4v) is 5.68. The molecule has 6 unspecified atom stereocenters. The Morgan fingerprint density at radius 2 is 1.34 bits per heavy atom. The van der Waals surface area contributed by atoms with Gasteiger partial charge >= 0.3 is 11.9 Å². The SMILES string of the molecule is CCCCCCCCCCCCCCCCCC(=O)OCC(O)COC1OC(CS(=O)(=O)[O-])C(OC(=O)CCN)C(O)C1O. The van der Waals surface area contributed by atoms with E-state index in [9.17, 15) is 37.9 Å². The van der Waals surface area contributed by atoms with Crippen LogP contribution in [-0.2, 0) is 38.7 Å². The van der Waals surface area contributed by atoms with Crippen LogP contribution in [0.25, 0.3) is 0 Å². The van der Waals surface area contributed by atoms with Gasteiger partial charge in [0.05, 0.1) is 28.9 Å². The third kappa shape index (κ3) is 19.2. The molecule has 44 heavy (non-hydrogen) atoms. The van der Waals surface area contributed by atoms with Gasteiger partial charge in [0.1, 0.15) is 31.0 Å².